The molecule has 0 aliphatic heterocycles. The highest BCUT2D eigenvalue weighted by Gasteiger charge is 2.34. The molecule has 0 bridgehead atoms. The number of benzene rings is 2. The fraction of sp³-hybridized carbons (Fsp3) is 0.207. The molecule has 2 aromatic carbocycles. The first-order valence-corrected chi connectivity index (χ1v) is 13.7. The SMILES string of the molecule is Cc1nn(Cc2ccc(C(=O)NCCn3cccn3)cc2)c(C)c1NC(=O)c1cc(C(F)(F)F)nc2ccc(Br)cc12. The lowest BCUT2D eigenvalue weighted by atomic mass is 10.1. The zero-order chi connectivity index (χ0) is 30.0. The third-order valence-corrected chi connectivity index (χ3v) is 7.15. The first kappa shape index (κ1) is 29.0. The van der Waals surface area contributed by atoms with Gasteiger partial charge in [-0.25, -0.2) is 4.98 Å². The topological polar surface area (TPSA) is 107 Å². The van der Waals surface area contributed by atoms with Crippen molar-refractivity contribution in [1.29, 1.82) is 0 Å². The van der Waals surface area contributed by atoms with E-state index in [1.807, 2.05) is 24.4 Å². The largest absolute Gasteiger partial charge is 0.433 e. The van der Waals surface area contributed by atoms with Gasteiger partial charge in [-0.2, -0.15) is 23.4 Å². The van der Waals surface area contributed by atoms with E-state index in [0.29, 0.717) is 46.7 Å². The molecule has 9 nitrogen and oxygen atoms in total. The van der Waals surface area contributed by atoms with Crippen molar-refractivity contribution in [3.63, 3.8) is 0 Å². The van der Waals surface area contributed by atoms with Crippen molar-refractivity contribution in [3.05, 3.63) is 105 Å². The van der Waals surface area contributed by atoms with Crippen LogP contribution in [-0.2, 0) is 19.3 Å². The van der Waals surface area contributed by atoms with Crippen LogP contribution in [0.3, 0.4) is 0 Å². The van der Waals surface area contributed by atoms with Crippen LogP contribution < -0.4 is 10.6 Å². The quantitative estimate of drug-likeness (QED) is 0.225. The van der Waals surface area contributed by atoms with E-state index in [1.165, 1.54) is 6.07 Å². The number of nitrogens with zero attached hydrogens (tertiary/aromatic N) is 5. The molecule has 5 aromatic rings. The lowest BCUT2D eigenvalue weighted by Gasteiger charge is -2.13. The Morgan fingerprint density at radius 1 is 1.02 bits per heavy atom. The number of aromatic nitrogens is 5. The molecule has 13 heteroatoms. The van der Waals surface area contributed by atoms with Crippen molar-refractivity contribution in [1.82, 2.24) is 29.9 Å². The van der Waals surface area contributed by atoms with Crippen molar-refractivity contribution >= 4 is 44.3 Å². The summed E-state index contributed by atoms with van der Waals surface area (Å²) in [7, 11) is 0. The second-order valence-electron chi connectivity index (χ2n) is 9.59. The Hall–Kier alpha value is -4.52. The Kier molecular flexibility index (Phi) is 8.12. The molecule has 0 unspecified atom stereocenters. The van der Waals surface area contributed by atoms with Crippen LogP contribution in [0.2, 0.25) is 0 Å². The number of carbonyl (C=O) groups is 2. The van der Waals surface area contributed by atoms with Gasteiger partial charge >= 0.3 is 6.18 Å². The highest BCUT2D eigenvalue weighted by Crippen LogP contribution is 2.32. The molecule has 0 spiro atoms. The predicted octanol–water partition coefficient (Wildman–Crippen LogP) is 5.76. The van der Waals surface area contributed by atoms with Gasteiger partial charge in [-0.15, -0.1) is 0 Å². The molecule has 0 aliphatic carbocycles. The van der Waals surface area contributed by atoms with Crippen molar-refractivity contribution in [3.8, 4) is 0 Å². The fourth-order valence-corrected chi connectivity index (χ4v) is 4.86. The van der Waals surface area contributed by atoms with Gasteiger partial charge in [0.25, 0.3) is 11.8 Å². The zero-order valence-corrected chi connectivity index (χ0v) is 24.1. The van der Waals surface area contributed by atoms with Crippen LogP contribution >= 0.6 is 15.9 Å². The number of alkyl halides is 3. The fourth-order valence-electron chi connectivity index (χ4n) is 4.50. The number of anilines is 1. The third-order valence-electron chi connectivity index (χ3n) is 6.66. The number of amides is 2. The summed E-state index contributed by atoms with van der Waals surface area (Å²) < 4.78 is 44.6. The molecule has 0 atom stereocenters. The van der Waals surface area contributed by atoms with Crippen LogP contribution in [0, 0.1) is 13.8 Å². The smallest absolute Gasteiger partial charge is 0.350 e. The minimum atomic E-state index is -4.72. The highest BCUT2D eigenvalue weighted by atomic mass is 79.9. The van der Waals surface area contributed by atoms with E-state index in [9.17, 15) is 22.8 Å². The summed E-state index contributed by atoms with van der Waals surface area (Å²) in [6.45, 7) is 4.82. The monoisotopic (exact) mass is 639 g/mol. The average molecular weight is 640 g/mol. The van der Waals surface area contributed by atoms with Gasteiger partial charge in [0.05, 0.1) is 41.2 Å². The summed E-state index contributed by atoms with van der Waals surface area (Å²) in [5.41, 5.74) is 1.65. The van der Waals surface area contributed by atoms with Gasteiger partial charge in [-0.3, -0.25) is 19.0 Å². The molecule has 3 aromatic heterocycles. The third kappa shape index (κ3) is 6.35. The number of hydrogen-bond donors (Lipinski definition) is 2. The van der Waals surface area contributed by atoms with E-state index < -0.39 is 17.8 Å². The maximum atomic E-state index is 13.5. The number of hydrogen-bond acceptors (Lipinski definition) is 5. The minimum Gasteiger partial charge on any atom is -0.350 e. The van der Waals surface area contributed by atoms with Crippen molar-refractivity contribution < 1.29 is 22.8 Å². The van der Waals surface area contributed by atoms with Crippen molar-refractivity contribution in [2.75, 3.05) is 11.9 Å². The van der Waals surface area contributed by atoms with Gasteiger partial charge < -0.3 is 10.6 Å². The van der Waals surface area contributed by atoms with Crippen molar-refractivity contribution in [2.24, 2.45) is 0 Å². The summed E-state index contributed by atoms with van der Waals surface area (Å²) in [5.74, 6) is -0.908. The number of halogens is 4. The summed E-state index contributed by atoms with van der Waals surface area (Å²) in [5, 5.41) is 14.5. The van der Waals surface area contributed by atoms with E-state index in [0.717, 1.165) is 11.6 Å². The second-order valence-corrected chi connectivity index (χ2v) is 10.5. The van der Waals surface area contributed by atoms with Crippen LogP contribution in [0.25, 0.3) is 10.9 Å². The Morgan fingerprint density at radius 2 is 1.79 bits per heavy atom. The molecular weight excluding hydrogens is 615 g/mol. The summed E-state index contributed by atoms with van der Waals surface area (Å²) in [6, 6.07) is 14.2. The average Bonchev–Trinajstić information content (AvgIpc) is 3.56. The Morgan fingerprint density at radius 3 is 2.48 bits per heavy atom. The van der Waals surface area contributed by atoms with Crippen LogP contribution in [0.4, 0.5) is 18.9 Å². The van der Waals surface area contributed by atoms with Gasteiger partial charge in [0, 0.05) is 34.4 Å². The Balaban J connectivity index is 1.31. The van der Waals surface area contributed by atoms with Crippen LogP contribution in [0.15, 0.2) is 71.5 Å². The number of nitrogens with one attached hydrogen (secondary N) is 2. The van der Waals surface area contributed by atoms with Gasteiger partial charge in [0.15, 0.2) is 0 Å². The molecule has 0 aliphatic rings. The number of fused-ring (bicyclic) bond motifs is 1. The normalized spacial score (nSPS) is 11.6. The maximum absolute atomic E-state index is 13.5. The number of pyridine rings is 1. The van der Waals surface area contributed by atoms with Gasteiger partial charge in [0.1, 0.15) is 5.69 Å². The highest BCUT2D eigenvalue weighted by molar-refractivity contribution is 9.10. The van der Waals surface area contributed by atoms with Gasteiger partial charge in [-0.05, 0) is 61.9 Å². The predicted molar refractivity (Wildman–Crippen MR) is 154 cm³/mol. The molecule has 216 valence electrons. The molecule has 42 heavy (non-hydrogen) atoms. The lowest BCUT2D eigenvalue weighted by molar-refractivity contribution is -0.141. The lowest BCUT2D eigenvalue weighted by Crippen LogP contribution is -2.27. The summed E-state index contributed by atoms with van der Waals surface area (Å²) in [6.07, 6.45) is -1.22. The molecule has 2 N–H and O–H groups in total. The molecule has 0 saturated carbocycles. The first-order chi connectivity index (χ1) is 20.0. The van der Waals surface area contributed by atoms with Gasteiger partial charge in [0.2, 0.25) is 0 Å². The summed E-state index contributed by atoms with van der Waals surface area (Å²) in [4.78, 5) is 29.5. The van der Waals surface area contributed by atoms with E-state index in [4.69, 9.17) is 0 Å². The second kappa shape index (κ2) is 11.8. The zero-order valence-electron chi connectivity index (χ0n) is 22.5. The molecule has 5 rings (SSSR count). The Labute approximate surface area is 246 Å². The van der Waals surface area contributed by atoms with E-state index in [2.05, 4.69) is 41.7 Å². The van der Waals surface area contributed by atoms with E-state index >= 15 is 0 Å². The van der Waals surface area contributed by atoms with E-state index in [1.54, 1.807) is 53.7 Å². The van der Waals surface area contributed by atoms with Crippen LogP contribution in [-0.4, -0.2) is 42.9 Å². The number of aryl methyl sites for hydroxylation is 1. The standard InChI is InChI=1S/C29H25BrF3N7O2/c1-17-26(37-28(42)23-15-25(29(31,32)33)36-24-9-8-21(30)14-22(23)24)18(2)40(38-17)16-19-4-6-20(7-5-19)27(41)34-11-13-39-12-3-10-35-39/h3-10,12,14-15H,11,13,16H2,1-2H3,(H,34,41)(H,37,42). The van der Waals surface area contributed by atoms with Gasteiger partial charge in [-0.1, -0.05) is 28.1 Å². The summed E-state index contributed by atoms with van der Waals surface area (Å²) >= 11 is 3.31. The minimum absolute atomic E-state index is 0.0531. The van der Waals surface area contributed by atoms with Crippen LogP contribution in [0.1, 0.15) is 43.4 Å². The maximum Gasteiger partial charge on any atom is 0.433 e. The first-order valence-electron chi connectivity index (χ1n) is 12.9. The van der Waals surface area contributed by atoms with Crippen molar-refractivity contribution in [2.45, 2.75) is 33.1 Å². The number of rotatable bonds is 8. The molecule has 0 fully saturated rings. The molecule has 0 radical (unpaired) electrons. The molecule has 0 saturated heterocycles. The molecule has 2 amide bonds. The molecule has 3 heterocycles. The van der Waals surface area contributed by atoms with E-state index in [-0.39, 0.29) is 22.4 Å². The molecular formula is C29H25BrF3N7O2. The Bertz CT molecular complexity index is 1770. The number of carbonyl (C=O) groups excluding carboxylic acids is 2. The van der Waals surface area contributed by atoms with Crippen LogP contribution in [0.5, 0.6) is 0 Å².